The van der Waals surface area contributed by atoms with Crippen LogP contribution in [0.25, 0.3) is 0 Å². The number of hydrogen-bond acceptors (Lipinski definition) is 2. The zero-order valence-corrected chi connectivity index (χ0v) is 12.7. The van der Waals surface area contributed by atoms with Gasteiger partial charge in [0, 0.05) is 30.7 Å². The van der Waals surface area contributed by atoms with Gasteiger partial charge in [-0.3, -0.25) is 4.90 Å². The molecule has 2 unspecified atom stereocenters. The summed E-state index contributed by atoms with van der Waals surface area (Å²) in [6, 6.07) is 12.2. The Balaban J connectivity index is 1.85. The lowest BCUT2D eigenvalue weighted by Crippen LogP contribution is -2.60. The molecule has 2 atom stereocenters. The normalized spacial score (nSPS) is 30.3. The molecule has 1 aliphatic heterocycles. The first-order chi connectivity index (χ1) is 9.66. The van der Waals surface area contributed by atoms with Crippen LogP contribution in [0.3, 0.4) is 0 Å². The number of nitrogens with one attached hydrogen (secondary N) is 1. The van der Waals surface area contributed by atoms with Crippen molar-refractivity contribution >= 4 is 0 Å². The van der Waals surface area contributed by atoms with Gasteiger partial charge >= 0.3 is 0 Å². The molecule has 0 aromatic heterocycles. The topological polar surface area (TPSA) is 15.3 Å². The SMILES string of the molecule is CC1(C)CN(C2CC=CCC2)C(c2ccccc2)CN1. The van der Waals surface area contributed by atoms with Crippen molar-refractivity contribution in [1.82, 2.24) is 10.2 Å². The van der Waals surface area contributed by atoms with Gasteiger partial charge in [0.15, 0.2) is 0 Å². The quantitative estimate of drug-likeness (QED) is 0.827. The molecular formula is C18H26N2. The zero-order valence-electron chi connectivity index (χ0n) is 12.7. The molecular weight excluding hydrogens is 244 g/mol. The molecule has 3 rings (SSSR count). The van der Waals surface area contributed by atoms with Crippen LogP contribution in [-0.4, -0.2) is 29.6 Å². The highest BCUT2D eigenvalue weighted by Crippen LogP contribution is 2.32. The van der Waals surface area contributed by atoms with Crippen molar-refractivity contribution in [3.05, 3.63) is 48.0 Å². The zero-order chi connectivity index (χ0) is 14.0. The smallest absolute Gasteiger partial charge is 0.0476 e. The van der Waals surface area contributed by atoms with Crippen LogP contribution in [0.5, 0.6) is 0 Å². The molecule has 1 N–H and O–H groups in total. The molecule has 1 aliphatic carbocycles. The van der Waals surface area contributed by atoms with E-state index in [1.54, 1.807) is 0 Å². The lowest BCUT2D eigenvalue weighted by atomic mass is 9.90. The molecule has 1 heterocycles. The summed E-state index contributed by atoms with van der Waals surface area (Å²) in [7, 11) is 0. The number of allylic oxidation sites excluding steroid dienone is 1. The Hall–Kier alpha value is -1.12. The molecule has 0 bridgehead atoms. The maximum Gasteiger partial charge on any atom is 0.0476 e. The third-order valence-corrected chi connectivity index (χ3v) is 4.65. The van der Waals surface area contributed by atoms with Crippen LogP contribution in [0, 0.1) is 0 Å². The van der Waals surface area contributed by atoms with Gasteiger partial charge in [-0.05, 0) is 38.7 Å². The van der Waals surface area contributed by atoms with Crippen molar-refractivity contribution in [2.45, 2.75) is 50.7 Å². The minimum Gasteiger partial charge on any atom is -0.309 e. The van der Waals surface area contributed by atoms with Crippen LogP contribution in [0.2, 0.25) is 0 Å². The fourth-order valence-electron chi connectivity index (χ4n) is 3.56. The van der Waals surface area contributed by atoms with Gasteiger partial charge in [-0.1, -0.05) is 42.5 Å². The first-order valence-electron chi connectivity index (χ1n) is 7.86. The van der Waals surface area contributed by atoms with E-state index in [0.29, 0.717) is 12.1 Å². The largest absolute Gasteiger partial charge is 0.309 e. The van der Waals surface area contributed by atoms with Crippen LogP contribution in [0.4, 0.5) is 0 Å². The molecule has 1 aromatic carbocycles. The Morgan fingerprint density at radius 2 is 1.95 bits per heavy atom. The second-order valence-corrected chi connectivity index (χ2v) is 6.80. The number of nitrogens with zero attached hydrogens (tertiary/aromatic N) is 1. The summed E-state index contributed by atoms with van der Waals surface area (Å²) in [5.41, 5.74) is 1.66. The van der Waals surface area contributed by atoms with Crippen molar-refractivity contribution in [1.29, 1.82) is 0 Å². The summed E-state index contributed by atoms with van der Waals surface area (Å²) in [4.78, 5) is 2.75. The Bertz CT molecular complexity index is 464. The van der Waals surface area contributed by atoms with E-state index < -0.39 is 0 Å². The lowest BCUT2D eigenvalue weighted by molar-refractivity contribution is 0.0491. The molecule has 1 aromatic rings. The molecule has 108 valence electrons. The molecule has 0 saturated carbocycles. The van der Waals surface area contributed by atoms with Gasteiger partial charge in [0.2, 0.25) is 0 Å². The predicted octanol–water partition coefficient (Wildman–Crippen LogP) is 3.52. The Morgan fingerprint density at radius 3 is 2.65 bits per heavy atom. The van der Waals surface area contributed by atoms with Crippen LogP contribution in [0.1, 0.15) is 44.7 Å². The lowest BCUT2D eigenvalue weighted by Gasteiger charge is -2.48. The third kappa shape index (κ3) is 2.97. The summed E-state index contributed by atoms with van der Waals surface area (Å²) >= 11 is 0. The second kappa shape index (κ2) is 5.71. The minimum atomic E-state index is 0.215. The van der Waals surface area contributed by atoms with Crippen LogP contribution in [0.15, 0.2) is 42.5 Å². The second-order valence-electron chi connectivity index (χ2n) is 6.80. The minimum absolute atomic E-state index is 0.215. The van der Waals surface area contributed by atoms with Crippen molar-refractivity contribution in [3.8, 4) is 0 Å². The van der Waals surface area contributed by atoms with Crippen molar-refractivity contribution in [3.63, 3.8) is 0 Å². The van der Waals surface area contributed by atoms with Gasteiger partial charge in [0.05, 0.1) is 0 Å². The highest BCUT2D eigenvalue weighted by Gasteiger charge is 2.36. The van der Waals surface area contributed by atoms with Gasteiger partial charge in [0.1, 0.15) is 0 Å². The molecule has 2 nitrogen and oxygen atoms in total. The number of rotatable bonds is 2. The van der Waals surface area contributed by atoms with E-state index in [0.717, 1.165) is 13.1 Å². The Kier molecular flexibility index (Phi) is 3.95. The summed E-state index contributed by atoms with van der Waals surface area (Å²) in [6.07, 6.45) is 8.44. The summed E-state index contributed by atoms with van der Waals surface area (Å²) in [5.74, 6) is 0. The molecule has 20 heavy (non-hydrogen) atoms. The molecule has 2 aliphatic rings. The molecule has 0 radical (unpaired) electrons. The highest BCUT2D eigenvalue weighted by molar-refractivity contribution is 5.21. The van der Waals surface area contributed by atoms with E-state index in [2.05, 4.69) is 66.5 Å². The highest BCUT2D eigenvalue weighted by atomic mass is 15.3. The van der Waals surface area contributed by atoms with E-state index in [1.165, 1.54) is 24.8 Å². The van der Waals surface area contributed by atoms with E-state index in [-0.39, 0.29) is 5.54 Å². The van der Waals surface area contributed by atoms with Gasteiger partial charge in [0.25, 0.3) is 0 Å². The van der Waals surface area contributed by atoms with Crippen molar-refractivity contribution in [2.75, 3.05) is 13.1 Å². The van der Waals surface area contributed by atoms with Crippen LogP contribution < -0.4 is 5.32 Å². The van der Waals surface area contributed by atoms with Gasteiger partial charge in [-0.25, -0.2) is 0 Å². The average Bonchev–Trinajstić information content (AvgIpc) is 2.48. The maximum atomic E-state index is 3.72. The van der Waals surface area contributed by atoms with E-state index in [9.17, 15) is 0 Å². The monoisotopic (exact) mass is 270 g/mol. The predicted molar refractivity (Wildman–Crippen MR) is 84.7 cm³/mol. The average molecular weight is 270 g/mol. The number of piperazine rings is 1. The number of hydrogen-bond donors (Lipinski definition) is 1. The van der Waals surface area contributed by atoms with Gasteiger partial charge < -0.3 is 5.32 Å². The van der Waals surface area contributed by atoms with Crippen molar-refractivity contribution < 1.29 is 0 Å². The molecule has 1 fully saturated rings. The molecule has 2 heteroatoms. The Labute approximate surface area is 122 Å². The van der Waals surface area contributed by atoms with E-state index in [4.69, 9.17) is 0 Å². The summed E-state index contributed by atoms with van der Waals surface area (Å²) in [5, 5.41) is 3.72. The first kappa shape index (κ1) is 13.8. The van der Waals surface area contributed by atoms with E-state index >= 15 is 0 Å². The molecule has 0 amide bonds. The van der Waals surface area contributed by atoms with E-state index in [1.807, 2.05) is 0 Å². The summed E-state index contributed by atoms with van der Waals surface area (Å²) < 4.78 is 0. The maximum absolute atomic E-state index is 3.72. The Morgan fingerprint density at radius 1 is 1.15 bits per heavy atom. The third-order valence-electron chi connectivity index (χ3n) is 4.65. The molecule has 0 spiro atoms. The first-order valence-corrected chi connectivity index (χ1v) is 7.86. The van der Waals surface area contributed by atoms with Gasteiger partial charge in [-0.15, -0.1) is 0 Å². The molecule has 1 saturated heterocycles. The summed E-state index contributed by atoms with van der Waals surface area (Å²) in [6.45, 7) is 6.82. The number of benzene rings is 1. The fraction of sp³-hybridized carbons (Fsp3) is 0.556. The van der Waals surface area contributed by atoms with Gasteiger partial charge in [-0.2, -0.15) is 0 Å². The van der Waals surface area contributed by atoms with Crippen molar-refractivity contribution in [2.24, 2.45) is 0 Å². The standard InChI is InChI=1S/C18H26N2/c1-18(2)14-20(16-11-7-4-8-12-16)17(13-19-18)15-9-5-3-6-10-15/h3-7,9-10,16-17,19H,8,11-14H2,1-2H3. The van der Waals surface area contributed by atoms with Crippen LogP contribution in [-0.2, 0) is 0 Å². The fourth-order valence-corrected chi connectivity index (χ4v) is 3.56. The van der Waals surface area contributed by atoms with Crippen LogP contribution >= 0.6 is 0 Å².